The van der Waals surface area contributed by atoms with E-state index in [2.05, 4.69) is 15.3 Å². The Balaban J connectivity index is 1.49. The van der Waals surface area contributed by atoms with E-state index in [-0.39, 0.29) is 6.10 Å². The van der Waals surface area contributed by atoms with Crippen molar-refractivity contribution in [2.75, 3.05) is 6.61 Å². The number of aromatic amines is 1. The minimum atomic E-state index is -0.0737. The molecule has 3 aromatic rings. The van der Waals surface area contributed by atoms with Gasteiger partial charge in [-0.1, -0.05) is 41.9 Å². The predicted octanol–water partition coefficient (Wildman–Crippen LogP) is 4.91. The van der Waals surface area contributed by atoms with Crippen molar-refractivity contribution in [2.45, 2.75) is 25.6 Å². The van der Waals surface area contributed by atoms with Gasteiger partial charge in [0.25, 0.3) is 0 Å². The molecule has 1 aliphatic rings. The molecule has 1 N–H and O–H groups in total. The average Bonchev–Trinajstić information content (AvgIpc) is 3.36. The standard InChI is InChI=1S/C20H19ClN4O2S/c21-17-8-2-1-6-15(17)13-27-16-7-3-5-14(11-16)12-22-25-19(23-24-20(25)28)18-9-4-10-26-18/h1-3,5-8,11-12,18H,4,9-10,13H2,(H,24,28)/b22-12-/t18-/m0/s1. The molecule has 2 aromatic carbocycles. The first-order valence-electron chi connectivity index (χ1n) is 9.00. The molecule has 8 heteroatoms. The fourth-order valence-electron chi connectivity index (χ4n) is 2.99. The van der Waals surface area contributed by atoms with Crippen molar-refractivity contribution < 1.29 is 9.47 Å². The van der Waals surface area contributed by atoms with Gasteiger partial charge in [-0.2, -0.15) is 14.9 Å². The van der Waals surface area contributed by atoms with Crippen molar-refractivity contribution in [3.63, 3.8) is 0 Å². The average molecular weight is 415 g/mol. The lowest BCUT2D eigenvalue weighted by atomic mass is 10.2. The number of hydrogen-bond donors (Lipinski definition) is 1. The Hall–Kier alpha value is -2.48. The zero-order valence-corrected chi connectivity index (χ0v) is 16.6. The number of nitrogens with one attached hydrogen (secondary N) is 1. The predicted molar refractivity (Wildman–Crippen MR) is 111 cm³/mol. The summed E-state index contributed by atoms with van der Waals surface area (Å²) in [7, 11) is 0. The van der Waals surface area contributed by atoms with Gasteiger partial charge in [-0.25, -0.2) is 0 Å². The molecule has 0 spiro atoms. The van der Waals surface area contributed by atoms with Crippen LogP contribution in [0.1, 0.15) is 35.9 Å². The van der Waals surface area contributed by atoms with Gasteiger partial charge < -0.3 is 9.47 Å². The number of nitrogens with zero attached hydrogens (tertiary/aromatic N) is 3. The Morgan fingerprint density at radius 2 is 2.21 bits per heavy atom. The summed E-state index contributed by atoms with van der Waals surface area (Å²) in [5.41, 5.74) is 1.83. The van der Waals surface area contributed by atoms with Crippen molar-refractivity contribution in [2.24, 2.45) is 5.10 Å². The van der Waals surface area contributed by atoms with Gasteiger partial charge in [0.1, 0.15) is 18.5 Å². The first-order valence-corrected chi connectivity index (χ1v) is 9.79. The maximum absolute atomic E-state index is 6.18. The third-order valence-electron chi connectivity index (χ3n) is 4.43. The number of rotatable bonds is 6. The van der Waals surface area contributed by atoms with Crippen LogP contribution in [0.15, 0.2) is 53.6 Å². The third-order valence-corrected chi connectivity index (χ3v) is 5.06. The van der Waals surface area contributed by atoms with E-state index in [4.69, 9.17) is 33.3 Å². The second kappa shape index (κ2) is 8.68. The number of ether oxygens (including phenoxy) is 2. The van der Waals surface area contributed by atoms with Crippen molar-refractivity contribution in [3.05, 3.63) is 75.3 Å². The van der Waals surface area contributed by atoms with E-state index in [0.717, 1.165) is 36.3 Å². The molecule has 2 heterocycles. The number of hydrogen-bond acceptors (Lipinski definition) is 5. The molecule has 1 saturated heterocycles. The summed E-state index contributed by atoms with van der Waals surface area (Å²) < 4.78 is 13.6. The number of halogens is 1. The summed E-state index contributed by atoms with van der Waals surface area (Å²) >= 11 is 11.5. The van der Waals surface area contributed by atoms with E-state index in [1.165, 1.54) is 0 Å². The van der Waals surface area contributed by atoms with E-state index in [1.807, 2.05) is 48.5 Å². The van der Waals surface area contributed by atoms with Gasteiger partial charge in [0.2, 0.25) is 4.77 Å². The van der Waals surface area contributed by atoms with Gasteiger partial charge in [0.15, 0.2) is 5.82 Å². The van der Waals surface area contributed by atoms with Crippen LogP contribution in [0.5, 0.6) is 5.75 Å². The summed E-state index contributed by atoms with van der Waals surface area (Å²) in [6, 6.07) is 15.3. The van der Waals surface area contributed by atoms with Gasteiger partial charge in [-0.15, -0.1) is 0 Å². The highest BCUT2D eigenvalue weighted by molar-refractivity contribution is 7.71. The molecule has 0 saturated carbocycles. The lowest BCUT2D eigenvalue weighted by molar-refractivity contribution is 0.102. The minimum Gasteiger partial charge on any atom is -0.489 e. The zero-order chi connectivity index (χ0) is 19.3. The molecule has 1 aromatic heterocycles. The number of benzene rings is 2. The summed E-state index contributed by atoms with van der Waals surface area (Å²) in [6.07, 6.45) is 3.58. The van der Waals surface area contributed by atoms with E-state index < -0.39 is 0 Å². The summed E-state index contributed by atoms with van der Waals surface area (Å²) in [6.45, 7) is 1.13. The molecule has 1 fully saturated rings. The van der Waals surface area contributed by atoms with E-state index >= 15 is 0 Å². The topological polar surface area (TPSA) is 64.4 Å². The molecule has 1 atom stereocenters. The first-order chi connectivity index (χ1) is 13.7. The van der Waals surface area contributed by atoms with Crippen LogP contribution in [0, 0.1) is 4.77 Å². The highest BCUT2D eigenvalue weighted by Gasteiger charge is 2.23. The van der Waals surface area contributed by atoms with E-state index in [1.54, 1.807) is 10.9 Å². The second-order valence-electron chi connectivity index (χ2n) is 6.40. The molecule has 28 heavy (non-hydrogen) atoms. The van der Waals surface area contributed by atoms with Crippen LogP contribution in [0.2, 0.25) is 5.02 Å². The van der Waals surface area contributed by atoms with Crippen LogP contribution in [0.4, 0.5) is 0 Å². The van der Waals surface area contributed by atoms with Gasteiger partial charge in [-0.3, -0.25) is 5.10 Å². The maximum atomic E-state index is 6.18. The lowest BCUT2D eigenvalue weighted by Crippen LogP contribution is -2.05. The Morgan fingerprint density at radius 1 is 1.32 bits per heavy atom. The Kier molecular flexibility index (Phi) is 5.85. The van der Waals surface area contributed by atoms with Gasteiger partial charge in [0, 0.05) is 17.2 Å². The third kappa shape index (κ3) is 4.32. The fraction of sp³-hybridized carbons (Fsp3) is 0.250. The highest BCUT2D eigenvalue weighted by atomic mass is 35.5. The van der Waals surface area contributed by atoms with Crippen molar-refractivity contribution >= 4 is 30.0 Å². The van der Waals surface area contributed by atoms with Crippen molar-refractivity contribution in [1.82, 2.24) is 14.9 Å². The highest BCUT2D eigenvalue weighted by Crippen LogP contribution is 2.27. The fourth-order valence-corrected chi connectivity index (χ4v) is 3.37. The summed E-state index contributed by atoms with van der Waals surface area (Å²) in [4.78, 5) is 0. The molecule has 0 amide bonds. The molecule has 144 valence electrons. The van der Waals surface area contributed by atoms with Crippen molar-refractivity contribution in [1.29, 1.82) is 0 Å². The van der Waals surface area contributed by atoms with Crippen LogP contribution in [0.25, 0.3) is 0 Å². The molecular weight excluding hydrogens is 396 g/mol. The van der Waals surface area contributed by atoms with Crippen molar-refractivity contribution in [3.8, 4) is 5.75 Å². The van der Waals surface area contributed by atoms with E-state index in [0.29, 0.717) is 22.2 Å². The smallest absolute Gasteiger partial charge is 0.216 e. The molecular formula is C20H19ClN4O2S. The van der Waals surface area contributed by atoms with Crippen LogP contribution in [-0.2, 0) is 11.3 Å². The summed E-state index contributed by atoms with van der Waals surface area (Å²) in [5.74, 6) is 1.43. The number of aromatic nitrogens is 3. The Morgan fingerprint density at radius 3 is 3.04 bits per heavy atom. The Labute approximate surface area is 172 Å². The molecule has 6 nitrogen and oxygen atoms in total. The van der Waals surface area contributed by atoms with Crippen LogP contribution >= 0.6 is 23.8 Å². The molecule has 0 bridgehead atoms. The van der Waals surface area contributed by atoms with E-state index in [9.17, 15) is 0 Å². The monoisotopic (exact) mass is 414 g/mol. The largest absolute Gasteiger partial charge is 0.489 e. The molecule has 0 unspecified atom stereocenters. The molecule has 4 rings (SSSR count). The number of H-pyrrole nitrogens is 1. The zero-order valence-electron chi connectivity index (χ0n) is 15.0. The normalized spacial score (nSPS) is 16.7. The van der Waals surface area contributed by atoms with Gasteiger partial charge >= 0.3 is 0 Å². The Bertz CT molecular complexity index is 1040. The summed E-state index contributed by atoms with van der Waals surface area (Å²) in [5, 5.41) is 12.2. The van der Waals surface area contributed by atoms with Gasteiger partial charge in [-0.05, 0) is 48.8 Å². The molecule has 0 radical (unpaired) electrons. The molecule has 0 aliphatic carbocycles. The first kappa shape index (κ1) is 18.9. The second-order valence-corrected chi connectivity index (χ2v) is 7.19. The van der Waals surface area contributed by atoms with Crippen LogP contribution < -0.4 is 4.74 Å². The van der Waals surface area contributed by atoms with Crippen LogP contribution in [-0.4, -0.2) is 27.7 Å². The minimum absolute atomic E-state index is 0.0737. The SMILES string of the molecule is S=c1[nH]nc([C@@H]2CCCO2)n1/N=C\c1cccc(OCc2ccccc2Cl)c1. The lowest BCUT2D eigenvalue weighted by Gasteiger charge is -2.09. The maximum Gasteiger partial charge on any atom is 0.216 e. The van der Waals surface area contributed by atoms with Crippen LogP contribution in [0.3, 0.4) is 0 Å². The molecule has 1 aliphatic heterocycles. The van der Waals surface area contributed by atoms with Gasteiger partial charge in [0.05, 0.1) is 6.21 Å². The quantitative estimate of drug-likeness (QED) is 0.460.